The lowest BCUT2D eigenvalue weighted by Crippen LogP contribution is -2.60. The largest absolute Gasteiger partial charge is 0.386 e. The zero-order valence-corrected chi connectivity index (χ0v) is 41.4. The summed E-state index contributed by atoms with van der Waals surface area (Å²) in [5, 5.41) is 33.5. The first-order chi connectivity index (χ1) is 30.8. The molecule has 63 heavy (non-hydrogen) atoms. The highest BCUT2D eigenvalue weighted by atomic mass is 16.4. The second-order valence-corrected chi connectivity index (χ2v) is 18.4. The topological polar surface area (TPSA) is 112 Å². The predicted molar refractivity (Wildman–Crippen MR) is 270 cm³/mol. The van der Waals surface area contributed by atoms with Gasteiger partial charge < -0.3 is 15.3 Å². The van der Waals surface area contributed by atoms with E-state index in [2.05, 4.69) is 20.8 Å². The van der Waals surface area contributed by atoms with E-state index in [9.17, 15) is 29.7 Å². The first kappa shape index (κ1) is 60.6. The Morgan fingerprint density at radius 3 is 0.905 bits per heavy atom. The number of aliphatic hydroxyl groups excluding tert-OH is 2. The molecule has 0 bridgehead atoms. The van der Waals surface area contributed by atoms with Crippen LogP contribution in [0.3, 0.4) is 0 Å². The van der Waals surface area contributed by atoms with E-state index in [1.54, 1.807) is 18.2 Å². The van der Waals surface area contributed by atoms with Crippen LogP contribution in [0.1, 0.15) is 265 Å². The van der Waals surface area contributed by atoms with Crippen molar-refractivity contribution in [2.24, 2.45) is 0 Å². The van der Waals surface area contributed by atoms with Crippen molar-refractivity contribution in [3.05, 3.63) is 60.8 Å². The quantitative estimate of drug-likeness (QED) is 0.0243. The maximum absolute atomic E-state index is 13.4. The van der Waals surface area contributed by atoms with Crippen LogP contribution in [0.2, 0.25) is 0 Å². The first-order valence-electron chi connectivity index (χ1n) is 26.8. The molecule has 0 aliphatic heterocycles. The maximum atomic E-state index is 13.4. The number of allylic oxidation sites excluding steroid dienone is 7. The lowest BCUT2D eigenvalue weighted by Gasteiger charge is -2.30. The average molecular weight is 881 g/mol. The summed E-state index contributed by atoms with van der Waals surface area (Å²) in [6.45, 7) is 6.74. The highest BCUT2D eigenvalue weighted by molar-refractivity contribution is 6.19. The minimum atomic E-state index is -3.03. The Morgan fingerprint density at radius 2 is 0.619 bits per heavy atom. The molecule has 364 valence electrons. The summed E-state index contributed by atoms with van der Waals surface area (Å²) >= 11 is 0. The van der Waals surface area contributed by atoms with E-state index in [0.717, 1.165) is 69.9 Å². The van der Waals surface area contributed by atoms with Crippen molar-refractivity contribution in [2.75, 3.05) is 0 Å². The molecule has 0 fully saturated rings. The highest BCUT2D eigenvalue weighted by Crippen LogP contribution is 2.21. The molecule has 2 atom stereocenters. The van der Waals surface area contributed by atoms with Crippen molar-refractivity contribution in [3.63, 3.8) is 0 Å². The molecule has 0 saturated heterocycles. The van der Waals surface area contributed by atoms with Gasteiger partial charge in [-0.25, -0.2) is 0 Å². The second kappa shape index (κ2) is 46.1. The van der Waals surface area contributed by atoms with Gasteiger partial charge in [-0.05, 0) is 56.8 Å². The van der Waals surface area contributed by atoms with Crippen LogP contribution in [-0.2, 0) is 14.4 Å². The Morgan fingerprint density at radius 1 is 0.365 bits per heavy atom. The Balaban J connectivity index is 5.02. The van der Waals surface area contributed by atoms with Gasteiger partial charge in [0.2, 0.25) is 5.60 Å². The number of rotatable bonds is 48. The van der Waals surface area contributed by atoms with Crippen LogP contribution in [0.15, 0.2) is 60.8 Å². The third-order valence-corrected chi connectivity index (χ3v) is 12.5. The molecule has 0 radical (unpaired) electrons. The summed E-state index contributed by atoms with van der Waals surface area (Å²) in [5.74, 6) is -3.03. The Labute approximate surface area is 389 Å². The number of aliphatic hydroxyl groups is 3. The SMILES string of the molecule is CCCCCCCCCCCCC=CC=CC(=O)C(O)(C(=O)C=CC=CCCCCCCCCCCCC)[C@H](O)C(O)C(=O)C=CCCCCCCCCCCCCCCCCC. The summed E-state index contributed by atoms with van der Waals surface area (Å²) in [6.07, 6.45) is 57.0. The minimum absolute atomic E-state index is 0.636. The van der Waals surface area contributed by atoms with Gasteiger partial charge in [0, 0.05) is 0 Å². The lowest BCUT2D eigenvalue weighted by atomic mass is 9.82. The van der Waals surface area contributed by atoms with E-state index in [4.69, 9.17) is 0 Å². The van der Waals surface area contributed by atoms with Gasteiger partial charge >= 0.3 is 0 Å². The fourth-order valence-electron chi connectivity index (χ4n) is 8.12. The van der Waals surface area contributed by atoms with E-state index < -0.39 is 35.2 Å². The Hall–Kier alpha value is -2.41. The van der Waals surface area contributed by atoms with Crippen LogP contribution in [0.4, 0.5) is 0 Å². The van der Waals surface area contributed by atoms with E-state index >= 15 is 0 Å². The van der Waals surface area contributed by atoms with Gasteiger partial charge in [0.25, 0.3) is 0 Å². The number of unbranched alkanes of at least 4 members (excludes halogenated alkanes) is 35. The second-order valence-electron chi connectivity index (χ2n) is 18.4. The molecule has 6 heteroatoms. The summed E-state index contributed by atoms with van der Waals surface area (Å²) in [5.41, 5.74) is -3.03. The third kappa shape index (κ3) is 35.5. The third-order valence-electron chi connectivity index (χ3n) is 12.5. The number of hydrogen-bond donors (Lipinski definition) is 3. The van der Waals surface area contributed by atoms with Crippen LogP contribution in [0.25, 0.3) is 0 Å². The summed E-state index contributed by atoms with van der Waals surface area (Å²) in [4.78, 5) is 39.8. The van der Waals surface area contributed by atoms with Crippen molar-refractivity contribution in [2.45, 2.75) is 283 Å². The van der Waals surface area contributed by atoms with Gasteiger partial charge in [0.05, 0.1) is 0 Å². The van der Waals surface area contributed by atoms with Crippen molar-refractivity contribution >= 4 is 17.3 Å². The van der Waals surface area contributed by atoms with Gasteiger partial charge in [0.15, 0.2) is 17.3 Å². The number of ketones is 3. The maximum Gasteiger partial charge on any atom is 0.218 e. The van der Waals surface area contributed by atoms with E-state index in [1.165, 1.54) is 198 Å². The van der Waals surface area contributed by atoms with Gasteiger partial charge in [-0.3, -0.25) is 14.4 Å². The van der Waals surface area contributed by atoms with Gasteiger partial charge in [-0.1, -0.05) is 269 Å². The summed E-state index contributed by atoms with van der Waals surface area (Å²) < 4.78 is 0. The Kier molecular flexibility index (Phi) is 44.4. The monoisotopic (exact) mass is 881 g/mol. The number of carbonyl (C=O) groups is 3. The Bertz CT molecular complexity index is 1150. The van der Waals surface area contributed by atoms with Gasteiger partial charge in [0.1, 0.15) is 12.2 Å². The van der Waals surface area contributed by atoms with Crippen molar-refractivity contribution in [3.8, 4) is 0 Å². The zero-order chi connectivity index (χ0) is 46.3. The smallest absolute Gasteiger partial charge is 0.218 e. The van der Waals surface area contributed by atoms with E-state index in [1.807, 2.05) is 12.2 Å². The molecule has 0 aromatic heterocycles. The van der Waals surface area contributed by atoms with Crippen molar-refractivity contribution in [1.82, 2.24) is 0 Å². The van der Waals surface area contributed by atoms with Crippen LogP contribution in [0, 0.1) is 0 Å². The van der Waals surface area contributed by atoms with Crippen molar-refractivity contribution in [1.29, 1.82) is 0 Å². The minimum Gasteiger partial charge on any atom is -0.386 e. The average Bonchev–Trinajstić information content (AvgIpc) is 3.29. The normalized spacial score (nSPS) is 14.3. The number of hydrogen-bond acceptors (Lipinski definition) is 6. The molecule has 1 unspecified atom stereocenters. The summed E-state index contributed by atoms with van der Waals surface area (Å²) in [6, 6.07) is 0. The molecule has 6 nitrogen and oxygen atoms in total. The lowest BCUT2D eigenvalue weighted by molar-refractivity contribution is -0.168. The fraction of sp³-hybridized carbons (Fsp3) is 0.772. The standard InChI is InChI=1S/C57H100O6/c1-4-7-10-13-16-19-22-25-28-29-30-31-34-37-40-43-46-49-52(58)55(61)56(62)57(63,53(59)50-47-44-41-38-35-32-26-23-20-17-14-11-8-5-2)54(60)51-48-45-42-39-36-33-27-24-21-18-15-12-9-6-3/h41-42,44-51,55-56,61-63H,4-40,43H2,1-3H3/t55?,56-,57?/m1/s1. The molecule has 0 saturated carbocycles. The molecular formula is C57H100O6. The zero-order valence-electron chi connectivity index (χ0n) is 41.4. The molecule has 0 spiro atoms. The molecular weight excluding hydrogens is 781 g/mol. The van der Waals surface area contributed by atoms with Crippen LogP contribution in [0.5, 0.6) is 0 Å². The fourth-order valence-corrected chi connectivity index (χ4v) is 8.12. The molecule has 0 aliphatic carbocycles. The highest BCUT2D eigenvalue weighted by Gasteiger charge is 2.51. The molecule has 3 N–H and O–H groups in total. The number of carbonyl (C=O) groups excluding carboxylic acids is 3. The van der Waals surface area contributed by atoms with Crippen LogP contribution in [-0.4, -0.2) is 50.5 Å². The van der Waals surface area contributed by atoms with E-state index in [-0.39, 0.29) is 0 Å². The van der Waals surface area contributed by atoms with Crippen LogP contribution >= 0.6 is 0 Å². The molecule has 0 rings (SSSR count). The van der Waals surface area contributed by atoms with E-state index in [0.29, 0.717) is 6.42 Å². The first-order valence-corrected chi connectivity index (χ1v) is 26.8. The van der Waals surface area contributed by atoms with Gasteiger partial charge in [-0.2, -0.15) is 0 Å². The van der Waals surface area contributed by atoms with Crippen molar-refractivity contribution < 1.29 is 29.7 Å². The van der Waals surface area contributed by atoms with Crippen LogP contribution < -0.4 is 0 Å². The molecule has 0 aromatic rings. The summed E-state index contributed by atoms with van der Waals surface area (Å²) in [7, 11) is 0. The van der Waals surface area contributed by atoms with Gasteiger partial charge in [-0.15, -0.1) is 0 Å². The molecule has 0 heterocycles. The molecule has 0 amide bonds. The predicted octanol–water partition coefficient (Wildman–Crippen LogP) is 15.8. The molecule has 0 aliphatic rings. The molecule has 0 aromatic carbocycles.